The first-order valence-corrected chi connectivity index (χ1v) is 9.12. The Kier molecular flexibility index (Phi) is 6.36. The van der Waals surface area contributed by atoms with Crippen LogP contribution in [0.4, 0.5) is 33.3 Å². The number of carbonyl (C=O) groups excluding carboxylic acids is 1. The topological polar surface area (TPSA) is 35.6 Å². The Balaban J connectivity index is 1.46. The molecule has 1 fully saturated rings. The standard InChI is InChI=1S/C20H20F5N3O/c21-17-5-4-15(13-18(17)22)26-19(29)6-7-27-8-10-28(11-9-27)16-3-1-2-14(12-16)20(23,24)25/h1-5,12-13H,6-11H2,(H,26,29). The van der Waals surface area contributed by atoms with Crippen molar-refractivity contribution in [3.63, 3.8) is 0 Å². The number of anilines is 2. The molecule has 0 saturated carbocycles. The molecule has 3 rings (SSSR count). The first-order chi connectivity index (χ1) is 13.7. The predicted molar refractivity (Wildman–Crippen MR) is 99.7 cm³/mol. The monoisotopic (exact) mass is 413 g/mol. The molecule has 2 aromatic carbocycles. The van der Waals surface area contributed by atoms with Gasteiger partial charge in [-0.2, -0.15) is 13.2 Å². The van der Waals surface area contributed by atoms with Gasteiger partial charge >= 0.3 is 6.18 Å². The fourth-order valence-corrected chi connectivity index (χ4v) is 3.17. The van der Waals surface area contributed by atoms with Gasteiger partial charge in [0, 0.05) is 56.6 Å². The molecule has 1 aliphatic rings. The van der Waals surface area contributed by atoms with Crippen molar-refractivity contribution in [3.8, 4) is 0 Å². The fraction of sp³-hybridized carbons (Fsp3) is 0.350. The summed E-state index contributed by atoms with van der Waals surface area (Å²) in [4.78, 5) is 15.9. The lowest BCUT2D eigenvalue weighted by atomic mass is 10.1. The highest BCUT2D eigenvalue weighted by Gasteiger charge is 2.31. The molecule has 1 amide bonds. The number of alkyl halides is 3. The first-order valence-electron chi connectivity index (χ1n) is 9.12. The molecule has 0 radical (unpaired) electrons. The van der Waals surface area contributed by atoms with Gasteiger partial charge in [-0.25, -0.2) is 8.78 Å². The summed E-state index contributed by atoms with van der Waals surface area (Å²) in [6.07, 6.45) is -4.21. The molecular formula is C20H20F5N3O. The second-order valence-corrected chi connectivity index (χ2v) is 6.80. The van der Waals surface area contributed by atoms with Gasteiger partial charge in [-0.15, -0.1) is 0 Å². The third-order valence-electron chi connectivity index (χ3n) is 4.77. The summed E-state index contributed by atoms with van der Waals surface area (Å²) < 4.78 is 64.7. The average Bonchev–Trinajstić information content (AvgIpc) is 2.69. The molecule has 1 N–H and O–H groups in total. The van der Waals surface area contributed by atoms with Crippen molar-refractivity contribution < 1.29 is 26.7 Å². The second-order valence-electron chi connectivity index (χ2n) is 6.80. The zero-order valence-electron chi connectivity index (χ0n) is 15.5. The second kappa shape index (κ2) is 8.77. The van der Waals surface area contributed by atoms with E-state index >= 15 is 0 Å². The summed E-state index contributed by atoms with van der Waals surface area (Å²) in [5, 5.41) is 2.52. The van der Waals surface area contributed by atoms with Crippen LogP contribution in [0.15, 0.2) is 42.5 Å². The normalized spacial score (nSPS) is 15.4. The number of amides is 1. The van der Waals surface area contributed by atoms with Gasteiger partial charge in [-0.1, -0.05) is 6.07 Å². The van der Waals surface area contributed by atoms with E-state index < -0.39 is 23.4 Å². The highest BCUT2D eigenvalue weighted by molar-refractivity contribution is 5.90. The van der Waals surface area contributed by atoms with Crippen LogP contribution < -0.4 is 10.2 Å². The summed E-state index contributed by atoms with van der Waals surface area (Å²) in [6.45, 7) is 2.77. The average molecular weight is 413 g/mol. The molecule has 0 atom stereocenters. The van der Waals surface area contributed by atoms with Crippen molar-refractivity contribution in [2.24, 2.45) is 0 Å². The molecular weight excluding hydrogens is 393 g/mol. The van der Waals surface area contributed by atoms with Crippen molar-refractivity contribution in [1.82, 2.24) is 4.90 Å². The Bertz CT molecular complexity index is 863. The molecule has 2 aromatic rings. The van der Waals surface area contributed by atoms with E-state index in [0.29, 0.717) is 38.4 Å². The number of hydrogen-bond donors (Lipinski definition) is 1. The molecule has 1 heterocycles. The minimum Gasteiger partial charge on any atom is -0.369 e. The Morgan fingerprint density at radius 1 is 0.966 bits per heavy atom. The number of halogens is 5. The van der Waals surface area contributed by atoms with Gasteiger partial charge in [-0.05, 0) is 30.3 Å². The van der Waals surface area contributed by atoms with E-state index in [1.165, 1.54) is 12.1 Å². The molecule has 0 aliphatic carbocycles. The summed E-state index contributed by atoms with van der Waals surface area (Å²) in [6, 6.07) is 8.38. The van der Waals surface area contributed by atoms with E-state index in [-0.39, 0.29) is 18.0 Å². The summed E-state index contributed by atoms with van der Waals surface area (Å²) in [7, 11) is 0. The van der Waals surface area contributed by atoms with Crippen LogP contribution in [0.5, 0.6) is 0 Å². The van der Waals surface area contributed by atoms with E-state index in [0.717, 1.165) is 24.3 Å². The van der Waals surface area contributed by atoms with E-state index in [1.807, 2.05) is 9.80 Å². The van der Waals surface area contributed by atoms with Crippen LogP contribution in [0.25, 0.3) is 0 Å². The maximum atomic E-state index is 13.2. The highest BCUT2D eigenvalue weighted by atomic mass is 19.4. The number of hydrogen-bond acceptors (Lipinski definition) is 3. The van der Waals surface area contributed by atoms with Gasteiger partial charge < -0.3 is 10.2 Å². The molecule has 29 heavy (non-hydrogen) atoms. The van der Waals surface area contributed by atoms with Crippen LogP contribution in [-0.2, 0) is 11.0 Å². The first kappa shape index (κ1) is 21.0. The lowest BCUT2D eigenvalue weighted by Gasteiger charge is -2.36. The van der Waals surface area contributed by atoms with Crippen LogP contribution >= 0.6 is 0 Å². The maximum Gasteiger partial charge on any atom is 0.416 e. The molecule has 0 bridgehead atoms. The van der Waals surface area contributed by atoms with Crippen molar-refractivity contribution >= 4 is 17.3 Å². The van der Waals surface area contributed by atoms with E-state index in [1.54, 1.807) is 6.07 Å². The molecule has 9 heteroatoms. The third-order valence-corrected chi connectivity index (χ3v) is 4.77. The minimum atomic E-state index is -4.38. The van der Waals surface area contributed by atoms with Gasteiger partial charge in [0.1, 0.15) is 0 Å². The quantitative estimate of drug-likeness (QED) is 0.749. The largest absolute Gasteiger partial charge is 0.416 e. The molecule has 1 saturated heterocycles. The summed E-state index contributed by atoms with van der Waals surface area (Å²) in [5.41, 5.74) is 0.0325. The van der Waals surface area contributed by atoms with Crippen LogP contribution in [0.2, 0.25) is 0 Å². The zero-order valence-corrected chi connectivity index (χ0v) is 15.5. The Hall–Kier alpha value is -2.68. The van der Waals surface area contributed by atoms with Crippen LogP contribution in [0.3, 0.4) is 0 Å². The van der Waals surface area contributed by atoms with Crippen molar-refractivity contribution in [2.45, 2.75) is 12.6 Å². The van der Waals surface area contributed by atoms with Gasteiger partial charge in [0.05, 0.1) is 5.56 Å². The number of benzene rings is 2. The number of piperazine rings is 1. The minimum absolute atomic E-state index is 0.169. The van der Waals surface area contributed by atoms with Gasteiger partial charge in [-0.3, -0.25) is 9.69 Å². The SMILES string of the molecule is O=C(CCN1CCN(c2cccc(C(F)(F)F)c2)CC1)Nc1ccc(F)c(F)c1. The Labute approximate surface area is 164 Å². The van der Waals surface area contributed by atoms with Crippen molar-refractivity contribution in [1.29, 1.82) is 0 Å². The smallest absolute Gasteiger partial charge is 0.369 e. The van der Waals surface area contributed by atoms with Crippen LogP contribution in [0.1, 0.15) is 12.0 Å². The Morgan fingerprint density at radius 2 is 1.69 bits per heavy atom. The molecule has 4 nitrogen and oxygen atoms in total. The fourth-order valence-electron chi connectivity index (χ4n) is 3.17. The summed E-state index contributed by atoms with van der Waals surface area (Å²) >= 11 is 0. The molecule has 0 unspecified atom stereocenters. The lowest BCUT2D eigenvalue weighted by Crippen LogP contribution is -2.47. The van der Waals surface area contributed by atoms with Crippen molar-refractivity contribution in [3.05, 3.63) is 59.7 Å². The van der Waals surface area contributed by atoms with Gasteiger partial charge in [0.15, 0.2) is 11.6 Å². The number of carbonyl (C=O) groups is 1. The van der Waals surface area contributed by atoms with E-state index in [4.69, 9.17) is 0 Å². The van der Waals surface area contributed by atoms with E-state index in [9.17, 15) is 26.7 Å². The summed E-state index contributed by atoms with van der Waals surface area (Å²) in [5.74, 6) is -2.34. The van der Waals surface area contributed by atoms with Gasteiger partial charge in [0.2, 0.25) is 5.91 Å². The lowest BCUT2D eigenvalue weighted by molar-refractivity contribution is -0.137. The van der Waals surface area contributed by atoms with E-state index in [2.05, 4.69) is 5.32 Å². The van der Waals surface area contributed by atoms with Crippen LogP contribution in [0, 0.1) is 11.6 Å². The van der Waals surface area contributed by atoms with Crippen LogP contribution in [-0.4, -0.2) is 43.5 Å². The third kappa shape index (κ3) is 5.66. The zero-order chi connectivity index (χ0) is 21.0. The molecule has 1 aliphatic heterocycles. The van der Waals surface area contributed by atoms with Crippen molar-refractivity contribution in [2.75, 3.05) is 42.9 Å². The molecule has 0 aromatic heterocycles. The number of nitrogens with one attached hydrogen (secondary N) is 1. The number of nitrogens with zero attached hydrogens (tertiary/aromatic N) is 2. The highest BCUT2D eigenvalue weighted by Crippen LogP contribution is 2.31. The Morgan fingerprint density at radius 3 is 2.34 bits per heavy atom. The maximum absolute atomic E-state index is 13.2. The molecule has 156 valence electrons. The predicted octanol–water partition coefficient (Wildman–Crippen LogP) is 4.13. The van der Waals surface area contributed by atoms with Gasteiger partial charge in [0.25, 0.3) is 0 Å². The number of rotatable bonds is 5. The molecule has 0 spiro atoms.